The molecule has 2 nitrogen and oxygen atoms in total. The zero-order valence-electron chi connectivity index (χ0n) is 8.52. The molecular weight excluding hydrogens is 233 g/mol. The Bertz CT molecular complexity index is 343. The molecular formula is C11H13Cl2NO. The van der Waals surface area contributed by atoms with Gasteiger partial charge in [-0.1, -0.05) is 29.3 Å². The van der Waals surface area contributed by atoms with E-state index in [0.717, 1.165) is 18.7 Å². The van der Waals surface area contributed by atoms with E-state index < -0.39 is 0 Å². The molecule has 1 saturated heterocycles. The third-order valence-electron chi connectivity index (χ3n) is 2.62. The molecule has 0 aliphatic carbocycles. The van der Waals surface area contributed by atoms with Crippen LogP contribution in [0.3, 0.4) is 0 Å². The van der Waals surface area contributed by atoms with E-state index in [0.29, 0.717) is 16.7 Å². The van der Waals surface area contributed by atoms with Crippen molar-refractivity contribution in [3.05, 3.63) is 33.8 Å². The zero-order chi connectivity index (χ0) is 10.9. The van der Waals surface area contributed by atoms with Crippen molar-refractivity contribution in [2.24, 2.45) is 0 Å². The Morgan fingerprint density at radius 1 is 1.33 bits per heavy atom. The quantitative estimate of drug-likeness (QED) is 0.885. The number of nitrogens with one attached hydrogen (secondary N) is 1. The molecule has 1 fully saturated rings. The second kappa shape index (κ2) is 4.30. The first kappa shape index (κ1) is 11.2. The summed E-state index contributed by atoms with van der Waals surface area (Å²) in [6, 6.07) is 5.49. The van der Waals surface area contributed by atoms with Crippen LogP contribution in [0.1, 0.15) is 12.5 Å². The lowest BCUT2D eigenvalue weighted by molar-refractivity contribution is -0.0766. The molecule has 82 valence electrons. The van der Waals surface area contributed by atoms with Crippen LogP contribution in [0.25, 0.3) is 0 Å². The molecule has 1 N–H and O–H groups in total. The first-order valence-electron chi connectivity index (χ1n) is 4.88. The molecule has 0 atom stereocenters. The van der Waals surface area contributed by atoms with Gasteiger partial charge in [-0.2, -0.15) is 0 Å². The highest BCUT2D eigenvalue weighted by Crippen LogP contribution is 2.27. The normalized spacial score (nSPS) is 18.6. The Morgan fingerprint density at radius 2 is 1.93 bits per heavy atom. The van der Waals surface area contributed by atoms with Gasteiger partial charge in [0.25, 0.3) is 0 Å². The Kier molecular flexibility index (Phi) is 3.21. The van der Waals surface area contributed by atoms with E-state index in [2.05, 4.69) is 12.2 Å². The summed E-state index contributed by atoms with van der Waals surface area (Å²) in [5.41, 5.74) is 0.802. The second-order valence-electron chi connectivity index (χ2n) is 4.04. The molecule has 1 aliphatic rings. The average molecular weight is 246 g/mol. The van der Waals surface area contributed by atoms with Crippen LogP contribution in [0.2, 0.25) is 10.0 Å². The number of hydrogen-bond donors (Lipinski definition) is 1. The summed E-state index contributed by atoms with van der Waals surface area (Å²) in [4.78, 5) is 0. The van der Waals surface area contributed by atoms with Crippen LogP contribution in [0.5, 0.6) is 0 Å². The van der Waals surface area contributed by atoms with Crippen molar-refractivity contribution in [1.82, 2.24) is 5.32 Å². The molecule has 0 bridgehead atoms. The Hall–Kier alpha value is -0.280. The largest absolute Gasteiger partial charge is 0.368 e. The molecule has 0 spiro atoms. The summed E-state index contributed by atoms with van der Waals surface area (Å²) in [7, 11) is 0. The smallest absolute Gasteiger partial charge is 0.0906 e. The topological polar surface area (TPSA) is 21.3 Å². The van der Waals surface area contributed by atoms with Crippen molar-refractivity contribution in [3.63, 3.8) is 0 Å². The number of benzene rings is 1. The van der Waals surface area contributed by atoms with Crippen LogP contribution in [-0.2, 0) is 11.3 Å². The zero-order valence-corrected chi connectivity index (χ0v) is 10.0. The van der Waals surface area contributed by atoms with Gasteiger partial charge in [-0.05, 0) is 19.1 Å². The summed E-state index contributed by atoms with van der Waals surface area (Å²) in [6.45, 7) is 4.31. The Balaban J connectivity index is 2.04. The highest BCUT2D eigenvalue weighted by molar-refractivity contribution is 6.35. The summed E-state index contributed by atoms with van der Waals surface area (Å²) < 4.78 is 5.78. The van der Waals surface area contributed by atoms with Crippen LogP contribution in [0, 0.1) is 0 Å². The second-order valence-corrected chi connectivity index (χ2v) is 4.86. The van der Waals surface area contributed by atoms with Gasteiger partial charge in [0, 0.05) is 28.7 Å². The molecule has 15 heavy (non-hydrogen) atoms. The van der Waals surface area contributed by atoms with Gasteiger partial charge in [-0.25, -0.2) is 0 Å². The molecule has 0 unspecified atom stereocenters. The fraction of sp³-hybridized carbons (Fsp3) is 0.455. The van der Waals surface area contributed by atoms with Crippen molar-refractivity contribution in [3.8, 4) is 0 Å². The van der Waals surface area contributed by atoms with Crippen LogP contribution in [0.4, 0.5) is 0 Å². The molecule has 1 heterocycles. The minimum Gasteiger partial charge on any atom is -0.368 e. The third-order valence-corrected chi connectivity index (χ3v) is 3.33. The third kappa shape index (κ3) is 2.45. The lowest BCUT2D eigenvalue weighted by Gasteiger charge is -2.39. The van der Waals surface area contributed by atoms with E-state index in [-0.39, 0.29) is 5.60 Å². The van der Waals surface area contributed by atoms with E-state index in [9.17, 15) is 0 Å². The van der Waals surface area contributed by atoms with E-state index >= 15 is 0 Å². The minimum absolute atomic E-state index is 0.0670. The summed E-state index contributed by atoms with van der Waals surface area (Å²) in [5, 5.41) is 4.51. The maximum Gasteiger partial charge on any atom is 0.0906 e. The number of halogens is 2. The number of rotatable bonds is 3. The lowest BCUT2D eigenvalue weighted by Crippen LogP contribution is -2.58. The summed E-state index contributed by atoms with van der Waals surface area (Å²) in [5.74, 6) is 0. The van der Waals surface area contributed by atoms with Crippen molar-refractivity contribution >= 4 is 23.2 Å². The van der Waals surface area contributed by atoms with Crippen molar-refractivity contribution < 1.29 is 4.74 Å². The van der Waals surface area contributed by atoms with E-state index in [1.807, 2.05) is 18.2 Å². The maximum atomic E-state index is 6.04. The van der Waals surface area contributed by atoms with Crippen molar-refractivity contribution in [1.29, 1.82) is 0 Å². The molecule has 1 aromatic carbocycles. The standard InChI is InChI=1S/C11H13Cl2NO/c1-11(6-14-7-11)15-5-8-9(12)3-2-4-10(8)13/h2-4,14H,5-7H2,1H3. The van der Waals surface area contributed by atoms with Crippen molar-refractivity contribution in [2.45, 2.75) is 19.1 Å². The molecule has 1 aliphatic heterocycles. The molecule has 0 radical (unpaired) electrons. The van der Waals surface area contributed by atoms with Gasteiger partial charge in [0.05, 0.1) is 12.2 Å². The molecule has 2 rings (SSSR count). The van der Waals surface area contributed by atoms with Gasteiger partial charge >= 0.3 is 0 Å². The summed E-state index contributed by atoms with van der Waals surface area (Å²) >= 11 is 12.1. The number of hydrogen-bond acceptors (Lipinski definition) is 2. The first-order chi connectivity index (χ1) is 7.11. The summed E-state index contributed by atoms with van der Waals surface area (Å²) in [6.07, 6.45) is 0. The van der Waals surface area contributed by atoms with Gasteiger partial charge in [-0.15, -0.1) is 0 Å². The highest BCUT2D eigenvalue weighted by atomic mass is 35.5. The fourth-order valence-corrected chi connectivity index (χ4v) is 2.00. The predicted octanol–water partition coefficient (Wildman–Crippen LogP) is 2.87. The van der Waals surface area contributed by atoms with Gasteiger partial charge in [0.1, 0.15) is 0 Å². The average Bonchev–Trinajstić information content (AvgIpc) is 2.14. The van der Waals surface area contributed by atoms with Gasteiger partial charge in [0.15, 0.2) is 0 Å². The Morgan fingerprint density at radius 3 is 2.40 bits per heavy atom. The monoisotopic (exact) mass is 245 g/mol. The molecule has 0 amide bonds. The molecule has 0 saturated carbocycles. The van der Waals surface area contributed by atoms with Crippen LogP contribution >= 0.6 is 23.2 Å². The fourth-order valence-electron chi connectivity index (χ4n) is 1.50. The first-order valence-corrected chi connectivity index (χ1v) is 5.64. The predicted molar refractivity (Wildman–Crippen MR) is 62.5 cm³/mol. The van der Waals surface area contributed by atoms with E-state index in [1.165, 1.54) is 0 Å². The van der Waals surface area contributed by atoms with E-state index in [1.54, 1.807) is 0 Å². The lowest BCUT2D eigenvalue weighted by atomic mass is 10.00. The SMILES string of the molecule is CC1(OCc2c(Cl)cccc2Cl)CNC1. The molecule has 4 heteroatoms. The Labute approximate surface area is 99.5 Å². The number of ether oxygens (including phenoxy) is 1. The molecule has 0 aromatic heterocycles. The van der Waals surface area contributed by atoms with Crippen LogP contribution in [-0.4, -0.2) is 18.7 Å². The highest BCUT2D eigenvalue weighted by Gasteiger charge is 2.32. The van der Waals surface area contributed by atoms with Gasteiger partial charge < -0.3 is 10.1 Å². The van der Waals surface area contributed by atoms with Gasteiger partial charge in [-0.3, -0.25) is 0 Å². The maximum absolute atomic E-state index is 6.04. The minimum atomic E-state index is -0.0670. The van der Waals surface area contributed by atoms with Crippen molar-refractivity contribution in [2.75, 3.05) is 13.1 Å². The van der Waals surface area contributed by atoms with Crippen LogP contribution < -0.4 is 5.32 Å². The van der Waals surface area contributed by atoms with E-state index in [4.69, 9.17) is 27.9 Å². The van der Waals surface area contributed by atoms with Crippen LogP contribution in [0.15, 0.2) is 18.2 Å². The molecule has 1 aromatic rings. The van der Waals surface area contributed by atoms with Gasteiger partial charge in [0.2, 0.25) is 0 Å².